The van der Waals surface area contributed by atoms with Crippen LogP contribution in [0.25, 0.3) is 11.5 Å². The van der Waals surface area contributed by atoms with Crippen molar-refractivity contribution in [2.45, 2.75) is 18.3 Å². The number of nitrogens with two attached hydrogens (primary N) is 1. The molecule has 1 heterocycles. The summed E-state index contributed by atoms with van der Waals surface area (Å²) in [5.41, 5.74) is 7.21. The van der Waals surface area contributed by atoms with Gasteiger partial charge in [0.25, 0.3) is 0 Å². The highest BCUT2D eigenvalue weighted by Crippen LogP contribution is 2.57. The molecule has 4 nitrogen and oxygen atoms in total. The molecule has 2 N–H and O–H groups in total. The van der Waals surface area contributed by atoms with E-state index in [-0.39, 0.29) is 5.82 Å². The molecule has 2 aromatic carbocycles. The van der Waals surface area contributed by atoms with Crippen molar-refractivity contribution < 1.29 is 8.81 Å². The third-order valence-corrected chi connectivity index (χ3v) is 4.81. The highest BCUT2D eigenvalue weighted by Gasteiger charge is 2.53. The van der Waals surface area contributed by atoms with Crippen LogP contribution in [0, 0.1) is 5.82 Å². The molecule has 0 bridgehead atoms. The standard InChI is InChI=1S/C17H12Cl2FN3O/c18-12-7-11(21)8-13(19)14(12)17(5-6-17)16-23-22-15(24-16)9-1-3-10(20)4-2-9/h1-4,7-8H,5-6,21H2. The molecule has 0 amide bonds. The normalized spacial score (nSPS) is 15.5. The molecule has 0 aliphatic heterocycles. The monoisotopic (exact) mass is 363 g/mol. The summed E-state index contributed by atoms with van der Waals surface area (Å²) in [4.78, 5) is 0. The minimum Gasteiger partial charge on any atom is -0.420 e. The van der Waals surface area contributed by atoms with Gasteiger partial charge in [-0.25, -0.2) is 4.39 Å². The average Bonchev–Trinajstić information content (AvgIpc) is 3.15. The molecular formula is C17H12Cl2FN3O. The van der Waals surface area contributed by atoms with Gasteiger partial charge in [-0.15, -0.1) is 10.2 Å². The van der Waals surface area contributed by atoms with Crippen molar-refractivity contribution in [2.24, 2.45) is 0 Å². The number of nitrogen functional groups attached to an aromatic ring is 1. The van der Waals surface area contributed by atoms with Crippen LogP contribution in [0.1, 0.15) is 24.3 Å². The summed E-state index contributed by atoms with van der Waals surface area (Å²) in [6.45, 7) is 0. The van der Waals surface area contributed by atoms with Gasteiger partial charge in [0.05, 0.1) is 5.41 Å². The largest absolute Gasteiger partial charge is 0.420 e. The second kappa shape index (κ2) is 5.46. The molecule has 0 atom stereocenters. The van der Waals surface area contributed by atoms with Gasteiger partial charge in [0.1, 0.15) is 5.82 Å². The maximum Gasteiger partial charge on any atom is 0.247 e. The van der Waals surface area contributed by atoms with E-state index in [1.165, 1.54) is 12.1 Å². The zero-order valence-electron chi connectivity index (χ0n) is 12.4. The fourth-order valence-corrected chi connectivity index (χ4v) is 3.74. The summed E-state index contributed by atoms with van der Waals surface area (Å²) in [7, 11) is 0. The van der Waals surface area contributed by atoms with Gasteiger partial charge in [-0.1, -0.05) is 23.2 Å². The zero-order valence-corrected chi connectivity index (χ0v) is 13.9. The van der Waals surface area contributed by atoms with Crippen molar-refractivity contribution in [1.82, 2.24) is 10.2 Å². The van der Waals surface area contributed by atoms with Crippen LogP contribution >= 0.6 is 23.2 Å². The van der Waals surface area contributed by atoms with E-state index in [4.69, 9.17) is 33.4 Å². The van der Waals surface area contributed by atoms with Gasteiger partial charge in [0.15, 0.2) is 0 Å². The van der Waals surface area contributed by atoms with Crippen LogP contribution in [0.5, 0.6) is 0 Å². The highest BCUT2D eigenvalue weighted by atomic mass is 35.5. The van der Waals surface area contributed by atoms with Crippen LogP contribution in [0.2, 0.25) is 10.0 Å². The Labute approximate surface area is 147 Å². The number of benzene rings is 2. The Balaban J connectivity index is 1.76. The summed E-state index contributed by atoms with van der Waals surface area (Å²) >= 11 is 12.7. The molecule has 1 saturated carbocycles. The number of nitrogens with zero attached hydrogens (tertiary/aromatic N) is 2. The van der Waals surface area contributed by atoms with Crippen molar-refractivity contribution in [1.29, 1.82) is 0 Å². The van der Waals surface area contributed by atoms with E-state index in [2.05, 4.69) is 10.2 Å². The molecule has 24 heavy (non-hydrogen) atoms. The number of aromatic nitrogens is 2. The lowest BCUT2D eigenvalue weighted by molar-refractivity contribution is 0.472. The molecular weight excluding hydrogens is 352 g/mol. The maximum atomic E-state index is 13.0. The number of hydrogen-bond donors (Lipinski definition) is 1. The Morgan fingerprint density at radius 3 is 2.25 bits per heavy atom. The predicted octanol–water partition coefficient (Wildman–Crippen LogP) is 4.84. The third kappa shape index (κ3) is 2.44. The average molecular weight is 364 g/mol. The molecule has 1 aliphatic rings. The lowest BCUT2D eigenvalue weighted by Gasteiger charge is -2.15. The van der Waals surface area contributed by atoms with Crippen molar-refractivity contribution >= 4 is 28.9 Å². The van der Waals surface area contributed by atoms with Crippen molar-refractivity contribution in [3.05, 3.63) is 63.7 Å². The van der Waals surface area contributed by atoms with E-state index < -0.39 is 5.41 Å². The van der Waals surface area contributed by atoms with E-state index in [9.17, 15) is 4.39 Å². The first-order valence-electron chi connectivity index (χ1n) is 7.34. The van der Waals surface area contributed by atoms with E-state index >= 15 is 0 Å². The number of anilines is 1. The molecule has 0 unspecified atom stereocenters. The lowest BCUT2D eigenvalue weighted by atomic mass is 9.95. The quantitative estimate of drug-likeness (QED) is 0.675. The van der Waals surface area contributed by atoms with E-state index in [0.29, 0.717) is 33.1 Å². The summed E-state index contributed by atoms with van der Waals surface area (Å²) in [5.74, 6) is 0.465. The maximum absolute atomic E-state index is 13.0. The molecule has 0 saturated heterocycles. The Hall–Kier alpha value is -2.11. The van der Waals surface area contributed by atoms with Crippen molar-refractivity contribution in [3.8, 4) is 11.5 Å². The molecule has 7 heteroatoms. The van der Waals surface area contributed by atoms with Crippen LogP contribution < -0.4 is 5.73 Å². The number of hydrogen-bond acceptors (Lipinski definition) is 4. The lowest BCUT2D eigenvalue weighted by Crippen LogP contribution is -2.11. The van der Waals surface area contributed by atoms with Crippen LogP contribution in [0.4, 0.5) is 10.1 Å². The second-order valence-corrected chi connectivity index (χ2v) is 6.68. The molecule has 1 fully saturated rings. The minimum atomic E-state index is -0.479. The topological polar surface area (TPSA) is 64.9 Å². The summed E-state index contributed by atoms with van der Waals surface area (Å²) < 4.78 is 18.9. The minimum absolute atomic E-state index is 0.322. The molecule has 4 rings (SSSR count). The molecule has 0 radical (unpaired) electrons. The first-order chi connectivity index (χ1) is 11.5. The fraction of sp³-hybridized carbons (Fsp3) is 0.176. The van der Waals surface area contributed by atoms with Crippen LogP contribution in [-0.4, -0.2) is 10.2 Å². The Kier molecular flexibility index (Phi) is 3.51. The van der Waals surface area contributed by atoms with Gasteiger partial charge in [-0.3, -0.25) is 0 Å². The van der Waals surface area contributed by atoms with Gasteiger partial charge >= 0.3 is 0 Å². The molecule has 122 valence electrons. The van der Waals surface area contributed by atoms with Crippen LogP contribution in [0.3, 0.4) is 0 Å². The van der Waals surface area contributed by atoms with Crippen molar-refractivity contribution in [3.63, 3.8) is 0 Å². The van der Waals surface area contributed by atoms with Gasteiger partial charge in [-0.2, -0.15) is 0 Å². The molecule has 1 aliphatic carbocycles. The Morgan fingerprint density at radius 2 is 1.67 bits per heavy atom. The molecule has 1 aromatic heterocycles. The predicted molar refractivity (Wildman–Crippen MR) is 90.6 cm³/mol. The Morgan fingerprint density at radius 1 is 1.04 bits per heavy atom. The van der Waals surface area contributed by atoms with E-state index in [1.54, 1.807) is 24.3 Å². The van der Waals surface area contributed by atoms with Gasteiger partial charge < -0.3 is 10.2 Å². The Bertz CT molecular complexity index is 897. The fourth-order valence-electron chi connectivity index (χ4n) is 2.87. The van der Waals surface area contributed by atoms with E-state index in [1.807, 2.05) is 0 Å². The van der Waals surface area contributed by atoms with Gasteiger partial charge in [0.2, 0.25) is 11.8 Å². The first-order valence-corrected chi connectivity index (χ1v) is 8.10. The molecule has 3 aromatic rings. The van der Waals surface area contributed by atoms with Crippen LogP contribution in [-0.2, 0) is 5.41 Å². The second-order valence-electron chi connectivity index (χ2n) is 5.86. The van der Waals surface area contributed by atoms with Gasteiger partial charge in [0, 0.05) is 26.9 Å². The third-order valence-electron chi connectivity index (χ3n) is 4.22. The van der Waals surface area contributed by atoms with E-state index in [0.717, 1.165) is 18.4 Å². The van der Waals surface area contributed by atoms with Crippen LogP contribution in [0.15, 0.2) is 40.8 Å². The number of halogens is 3. The SMILES string of the molecule is Nc1cc(Cl)c(C2(c3nnc(-c4ccc(F)cc4)o3)CC2)c(Cl)c1. The zero-order chi connectivity index (χ0) is 16.9. The summed E-state index contributed by atoms with van der Waals surface area (Å²) in [6.07, 6.45) is 1.61. The molecule has 0 spiro atoms. The summed E-state index contributed by atoms with van der Waals surface area (Å²) in [6, 6.07) is 9.21. The number of rotatable bonds is 3. The first kappa shape index (κ1) is 15.4. The van der Waals surface area contributed by atoms with Crippen molar-refractivity contribution in [2.75, 3.05) is 5.73 Å². The smallest absolute Gasteiger partial charge is 0.247 e. The highest BCUT2D eigenvalue weighted by molar-refractivity contribution is 6.36. The summed E-state index contributed by atoms with van der Waals surface area (Å²) in [5, 5.41) is 9.22. The van der Waals surface area contributed by atoms with Gasteiger partial charge in [-0.05, 0) is 49.2 Å².